The molecule has 1 N–H and O–H groups in total. The lowest BCUT2D eigenvalue weighted by Gasteiger charge is -2.15. The van der Waals surface area contributed by atoms with Crippen molar-refractivity contribution in [3.05, 3.63) is 17.5 Å². The van der Waals surface area contributed by atoms with Crippen LogP contribution in [0.4, 0.5) is 0 Å². The van der Waals surface area contributed by atoms with Crippen LogP contribution in [0.25, 0.3) is 0 Å². The Morgan fingerprint density at radius 1 is 1.44 bits per heavy atom. The second kappa shape index (κ2) is 5.43. The summed E-state index contributed by atoms with van der Waals surface area (Å²) in [6, 6.07) is 0. The first-order chi connectivity index (χ1) is 8.56. The van der Waals surface area contributed by atoms with Gasteiger partial charge in [0.15, 0.2) is 0 Å². The van der Waals surface area contributed by atoms with Crippen LogP contribution in [0.3, 0.4) is 0 Å². The number of hydrogen-bond donors (Lipinski definition) is 1. The largest absolute Gasteiger partial charge is 0.312 e. The van der Waals surface area contributed by atoms with Crippen molar-refractivity contribution in [2.75, 3.05) is 6.54 Å². The molecule has 1 aromatic rings. The molecule has 0 atom stereocenters. The van der Waals surface area contributed by atoms with Crippen molar-refractivity contribution in [3.63, 3.8) is 0 Å². The van der Waals surface area contributed by atoms with Gasteiger partial charge in [0.1, 0.15) is 0 Å². The average molecular weight is 249 g/mol. The van der Waals surface area contributed by atoms with Gasteiger partial charge < -0.3 is 5.32 Å². The van der Waals surface area contributed by atoms with Crippen molar-refractivity contribution in [1.29, 1.82) is 0 Å². The van der Waals surface area contributed by atoms with Crippen LogP contribution in [-0.2, 0) is 13.6 Å². The van der Waals surface area contributed by atoms with Gasteiger partial charge in [-0.3, -0.25) is 4.68 Å². The topological polar surface area (TPSA) is 29.9 Å². The lowest BCUT2D eigenvalue weighted by Crippen LogP contribution is -2.23. The SMILES string of the molecule is CCCC1(CNCc2cn(C)nc2C(C)C)CC1. The number of aryl methyl sites for hydroxylation is 1. The van der Waals surface area contributed by atoms with Gasteiger partial charge in [-0.1, -0.05) is 27.2 Å². The van der Waals surface area contributed by atoms with Crippen molar-refractivity contribution in [2.45, 2.75) is 58.9 Å². The molecule has 0 radical (unpaired) electrons. The van der Waals surface area contributed by atoms with E-state index in [1.807, 2.05) is 11.7 Å². The summed E-state index contributed by atoms with van der Waals surface area (Å²) in [4.78, 5) is 0. The van der Waals surface area contributed by atoms with Crippen molar-refractivity contribution in [1.82, 2.24) is 15.1 Å². The highest BCUT2D eigenvalue weighted by Gasteiger charge is 2.40. The molecule has 3 nitrogen and oxygen atoms in total. The molecule has 1 aliphatic rings. The summed E-state index contributed by atoms with van der Waals surface area (Å²) in [7, 11) is 2.01. The van der Waals surface area contributed by atoms with Crippen molar-refractivity contribution in [2.24, 2.45) is 12.5 Å². The second-order valence-corrected chi connectivity index (χ2v) is 6.22. The maximum absolute atomic E-state index is 4.55. The maximum Gasteiger partial charge on any atom is 0.0694 e. The van der Waals surface area contributed by atoms with Gasteiger partial charge in [0.25, 0.3) is 0 Å². The Hall–Kier alpha value is -0.830. The fraction of sp³-hybridized carbons (Fsp3) is 0.800. The van der Waals surface area contributed by atoms with E-state index in [1.54, 1.807) is 0 Å². The van der Waals surface area contributed by atoms with E-state index < -0.39 is 0 Å². The number of hydrogen-bond acceptors (Lipinski definition) is 2. The summed E-state index contributed by atoms with van der Waals surface area (Å²) in [6.07, 6.45) is 7.67. The van der Waals surface area contributed by atoms with E-state index in [-0.39, 0.29) is 0 Å². The Labute approximate surface area is 111 Å². The fourth-order valence-corrected chi connectivity index (χ4v) is 2.86. The Kier molecular flexibility index (Phi) is 4.10. The molecule has 18 heavy (non-hydrogen) atoms. The van der Waals surface area contributed by atoms with Crippen molar-refractivity contribution in [3.8, 4) is 0 Å². The van der Waals surface area contributed by atoms with E-state index in [0.717, 1.165) is 6.54 Å². The zero-order chi connectivity index (χ0) is 13.2. The Morgan fingerprint density at radius 2 is 2.17 bits per heavy atom. The average Bonchev–Trinajstić information content (AvgIpc) is 2.95. The van der Waals surface area contributed by atoms with Crippen LogP contribution in [0, 0.1) is 5.41 Å². The summed E-state index contributed by atoms with van der Waals surface area (Å²) in [5.74, 6) is 0.508. The molecule has 1 aromatic heterocycles. The van der Waals surface area contributed by atoms with E-state index in [2.05, 4.69) is 37.4 Å². The van der Waals surface area contributed by atoms with Crippen LogP contribution in [-0.4, -0.2) is 16.3 Å². The minimum Gasteiger partial charge on any atom is -0.312 e. The van der Waals surface area contributed by atoms with E-state index >= 15 is 0 Å². The molecule has 1 aliphatic carbocycles. The van der Waals surface area contributed by atoms with E-state index in [9.17, 15) is 0 Å². The standard InChI is InChI=1S/C15H27N3/c1-5-6-15(7-8-15)11-16-9-13-10-18(4)17-14(13)12(2)3/h10,12,16H,5-9,11H2,1-4H3. The van der Waals surface area contributed by atoms with Crippen LogP contribution >= 0.6 is 0 Å². The number of aromatic nitrogens is 2. The normalized spacial score (nSPS) is 17.4. The lowest BCUT2D eigenvalue weighted by atomic mass is 10.0. The molecule has 2 rings (SSSR count). The van der Waals surface area contributed by atoms with Gasteiger partial charge >= 0.3 is 0 Å². The van der Waals surface area contributed by atoms with Gasteiger partial charge in [0, 0.05) is 31.9 Å². The van der Waals surface area contributed by atoms with Crippen LogP contribution in [0.2, 0.25) is 0 Å². The molecule has 0 unspecified atom stereocenters. The minimum absolute atomic E-state index is 0.508. The van der Waals surface area contributed by atoms with E-state index in [4.69, 9.17) is 0 Å². The molecule has 0 amide bonds. The van der Waals surface area contributed by atoms with Gasteiger partial charge in [0.05, 0.1) is 5.69 Å². The van der Waals surface area contributed by atoms with Gasteiger partial charge in [-0.05, 0) is 30.6 Å². The summed E-state index contributed by atoms with van der Waals surface area (Å²) in [6.45, 7) is 8.86. The second-order valence-electron chi connectivity index (χ2n) is 6.22. The van der Waals surface area contributed by atoms with Crippen LogP contribution in [0.1, 0.15) is 63.6 Å². The molecule has 102 valence electrons. The van der Waals surface area contributed by atoms with Gasteiger partial charge in [-0.2, -0.15) is 5.10 Å². The highest BCUT2D eigenvalue weighted by atomic mass is 15.3. The van der Waals surface area contributed by atoms with E-state index in [1.165, 1.54) is 43.5 Å². The monoisotopic (exact) mass is 249 g/mol. The molecule has 3 heteroatoms. The predicted molar refractivity (Wildman–Crippen MR) is 75.6 cm³/mol. The summed E-state index contributed by atoms with van der Waals surface area (Å²) < 4.78 is 1.94. The molecule has 1 heterocycles. The van der Waals surface area contributed by atoms with Crippen LogP contribution in [0.5, 0.6) is 0 Å². The third kappa shape index (κ3) is 3.14. The fourth-order valence-electron chi connectivity index (χ4n) is 2.86. The Balaban J connectivity index is 1.87. The first-order valence-electron chi connectivity index (χ1n) is 7.29. The van der Waals surface area contributed by atoms with Gasteiger partial charge in [-0.25, -0.2) is 0 Å². The highest BCUT2D eigenvalue weighted by Crippen LogP contribution is 2.48. The number of nitrogens with zero attached hydrogens (tertiary/aromatic N) is 2. The van der Waals surface area contributed by atoms with E-state index in [0.29, 0.717) is 11.3 Å². The first kappa shape index (κ1) is 13.6. The molecule has 0 aliphatic heterocycles. The first-order valence-corrected chi connectivity index (χ1v) is 7.29. The smallest absolute Gasteiger partial charge is 0.0694 e. The molecule has 0 bridgehead atoms. The zero-order valence-corrected chi connectivity index (χ0v) is 12.3. The molecule has 0 saturated heterocycles. The molecular formula is C15H27N3. The third-order valence-electron chi connectivity index (χ3n) is 4.04. The Morgan fingerprint density at radius 3 is 2.72 bits per heavy atom. The number of rotatable bonds is 7. The van der Waals surface area contributed by atoms with Crippen LogP contribution in [0.15, 0.2) is 6.20 Å². The van der Waals surface area contributed by atoms with Crippen molar-refractivity contribution >= 4 is 0 Å². The number of nitrogens with one attached hydrogen (secondary N) is 1. The molecule has 0 spiro atoms. The summed E-state index contributed by atoms with van der Waals surface area (Å²) >= 11 is 0. The van der Waals surface area contributed by atoms with Crippen molar-refractivity contribution < 1.29 is 0 Å². The quantitative estimate of drug-likeness (QED) is 0.804. The predicted octanol–water partition coefficient (Wildman–Crippen LogP) is 3.21. The zero-order valence-electron chi connectivity index (χ0n) is 12.3. The maximum atomic E-state index is 4.55. The minimum atomic E-state index is 0.508. The molecule has 0 aromatic carbocycles. The lowest BCUT2D eigenvalue weighted by molar-refractivity contribution is 0.420. The Bertz CT molecular complexity index is 388. The van der Waals surface area contributed by atoms with Crippen LogP contribution < -0.4 is 5.32 Å². The highest BCUT2D eigenvalue weighted by molar-refractivity contribution is 5.20. The molecular weight excluding hydrogens is 222 g/mol. The third-order valence-corrected chi connectivity index (χ3v) is 4.04. The molecule has 1 fully saturated rings. The molecule has 1 saturated carbocycles. The van der Waals surface area contributed by atoms with Gasteiger partial charge in [0.2, 0.25) is 0 Å². The summed E-state index contributed by atoms with van der Waals surface area (Å²) in [5, 5.41) is 8.20. The summed E-state index contributed by atoms with van der Waals surface area (Å²) in [5.41, 5.74) is 3.24. The van der Waals surface area contributed by atoms with Gasteiger partial charge in [-0.15, -0.1) is 0 Å².